The van der Waals surface area contributed by atoms with Crippen molar-refractivity contribution in [3.63, 3.8) is 0 Å². The van der Waals surface area contributed by atoms with Crippen molar-refractivity contribution in [1.29, 1.82) is 0 Å². The van der Waals surface area contributed by atoms with Gasteiger partial charge >= 0.3 is 5.97 Å². The molecule has 1 amide bonds. The molecule has 0 spiro atoms. The first-order chi connectivity index (χ1) is 15.0. The lowest BCUT2D eigenvalue weighted by molar-refractivity contribution is -0.111. The third-order valence-electron chi connectivity index (χ3n) is 5.13. The van der Waals surface area contributed by atoms with E-state index in [1.54, 1.807) is 39.4 Å². The summed E-state index contributed by atoms with van der Waals surface area (Å²) in [6.07, 6.45) is 3.89. The summed E-state index contributed by atoms with van der Waals surface area (Å²) in [7, 11) is 3.13. The van der Waals surface area contributed by atoms with Crippen LogP contribution in [0, 0.1) is 0 Å². The van der Waals surface area contributed by atoms with Crippen LogP contribution in [0.5, 0.6) is 11.5 Å². The van der Waals surface area contributed by atoms with Gasteiger partial charge in [-0.2, -0.15) is 0 Å². The monoisotopic (exact) mass is 444 g/mol. The fourth-order valence-electron chi connectivity index (χ4n) is 3.52. The highest BCUT2D eigenvalue weighted by Crippen LogP contribution is 2.37. The maximum atomic E-state index is 12.6. The van der Waals surface area contributed by atoms with Gasteiger partial charge in [0.15, 0.2) is 11.5 Å². The molecule has 2 aromatic rings. The SMILES string of the molecule is CCOC(=O)c1c(NC(=O)/C=C/c2ccc(OC)c(OC)c2)sc2c1CCN(CC)C2. The van der Waals surface area contributed by atoms with Crippen LogP contribution in [0.25, 0.3) is 6.08 Å². The molecule has 0 fully saturated rings. The Bertz CT molecular complexity index is 983. The summed E-state index contributed by atoms with van der Waals surface area (Å²) in [5, 5.41) is 3.42. The van der Waals surface area contributed by atoms with Crippen LogP contribution in [0.15, 0.2) is 24.3 Å². The number of thiophene rings is 1. The second kappa shape index (κ2) is 10.5. The van der Waals surface area contributed by atoms with E-state index >= 15 is 0 Å². The number of carbonyl (C=O) groups is 2. The zero-order chi connectivity index (χ0) is 22.4. The molecule has 8 heteroatoms. The van der Waals surface area contributed by atoms with E-state index in [4.69, 9.17) is 14.2 Å². The van der Waals surface area contributed by atoms with Gasteiger partial charge in [0.1, 0.15) is 5.00 Å². The highest BCUT2D eigenvalue weighted by molar-refractivity contribution is 7.17. The highest BCUT2D eigenvalue weighted by atomic mass is 32.1. The summed E-state index contributed by atoms with van der Waals surface area (Å²) in [6.45, 7) is 6.80. The second-order valence-corrected chi connectivity index (χ2v) is 8.09. The van der Waals surface area contributed by atoms with Crippen molar-refractivity contribution in [3.8, 4) is 11.5 Å². The molecule has 0 radical (unpaired) electrons. The molecule has 31 heavy (non-hydrogen) atoms. The minimum Gasteiger partial charge on any atom is -0.493 e. The number of likely N-dealkylation sites (N-methyl/N-ethyl adjacent to an activating group) is 1. The summed E-state index contributed by atoms with van der Waals surface area (Å²) >= 11 is 1.45. The molecule has 0 atom stereocenters. The lowest BCUT2D eigenvalue weighted by Gasteiger charge is -2.25. The Balaban J connectivity index is 1.81. The average molecular weight is 445 g/mol. The predicted molar refractivity (Wildman–Crippen MR) is 122 cm³/mol. The lowest BCUT2D eigenvalue weighted by Crippen LogP contribution is -2.30. The molecule has 0 aliphatic carbocycles. The van der Waals surface area contributed by atoms with Gasteiger partial charge in [-0.1, -0.05) is 13.0 Å². The van der Waals surface area contributed by atoms with E-state index in [9.17, 15) is 9.59 Å². The molecule has 1 aromatic heterocycles. The summed E-state index contributed by atoms with van der Waals surface area (Å²) in [4.78, 5) is 28.7. The first-order valence-corrected chi connectivity index (χ1v) is 11.1. The number of fused-ring (bicyclic) bond motifs is 1. The number of rotatable bonds is 8. The van der Waals surface area contributed by atoms with Gasteiger partial charge in [-0.15, -0.1) is 11.3 Å². The van der Waals surface area contributed by atoms with Crippen LogP contribution in [0.1, 0.15) is 40.2 Å². The number of benzene rings is 1. The van der Waals surface area contributed by atoms with Crippen molar-refractivity contribution in [1.82, 2.24) is 4.90 Å². The summed E-state index contributed by atoms with van der Waals surface area (Å²) in [5.74, 6) is 0.505. The largest absolute Gasteiger partial charge is 0.493 e. The molecular weight excluding hydrogens is 416 g/mol. The minimum atomic E-state index is -0.385. The van der Waals surface area contributed by atoms with Crippen LogP contribution >= 0.6 is 11.3 Å². The summed E-state index contributed by atoms with van der Waals surface area (Å²) in [5.41, 5.74) is 2.28. The molecule has 0 saturated heterocycles. The fraction of sp³-hybridized carbons (Fsp3) is 0.391. The topological polar surface area (TPSA) is 77.1 Å². The molecule has 1 aromatic carbocycles. The van der Waals surface area contributed by atoms with E-state index in [0.29, 0.717) is 22.1 Å². The number of amides is 1. The zero-order valence-corrected chi connectivity index (χ0v) is 19.1. The van der Waals surface area contributed by atoms with Crippen LogP contribution in [0.4, 0.5) is 5.00 Å². The Morgan fingerprint density at radius 1 is 1.19 bits per heavy atom. The van der Waals surface area contributed by atoms with Crippen molar-refractivity contribution >= 4 is 34.3 Å². The van der Waals surface area contributed by atoms with Crippen molar-refractivity contribution in [2.24, 2.45) is 0 Å². The molecule has 3 rings (SSSR count). The molecule has 1 aliphatic rings. The van der Waals surface area contributed by atoms with Gasteiger partial charge in [0.05, 0.1) is 26.4 Å². The number of nitrogens with one attached hydrogen (secondary N) is 1. The smallest absolute Gasteiger partial charge is 0.341 e. The number of hydrogen-bond donors (Lipinski definition) is 1. The van der Waals surface area contributed by atoms with Crippen molar-refractivity contribution in [2.45, 2.75) is 26.8 Å². The normalized spacial score (nSPS) is 13.7. The van der Waals surface area contributed by atoms with E-state index in [2.05, 4.69) is 17.1 Å². The number of carbonyl (C=O) groups excluding carboxylic acids is 2. The van der Waals surface area contributed by atoms with Crippen LogP contribution in [0.3, 0.4) is 0 Å². The van der Waals surface area contributed by atoms with Crippen LogP contribution < -0.4 is 14.8 Å². The van der Waals surface area contributed by atoms with Crippen molar-refractivity contribution in [2.75, 3.05) is 39.2 Å². The van der Waals surface area contributed by atoms with Crippen molar-refractivity contribution in [3.05, 3.63) is 45.8 Å². The Kier molecular flexibility index (Phi) is 7.70. The van der Waals surface area contributed by atoms with Gasteiger partial charge in [0.2, 0.25) is 5.91 Å². The highest BCUT2D eigenvalue weighted by Gasteiger charge is 2.28. The first kappa shape index (κ1) is 22.8. The van der Waals surface area contributed by atoms with E-state index < -0.39 is 0 Å². The number of hydrogen-bond acceptors (Lipinski definition) is 7. The lowest BCUT2D eigenvalue weighted by atomic mass is 10.0. The first-order valence-electron chi connectivity index (χ1n) is 10.3. The molecule has 2 heterocycles. The maximum absolute atomic E-state index is 12.6. The average Bonchev–Trinajstić information content (AvgIpc) is 3.14. The van der Waals surface area contributed by atoms with Crippen LogP contribution in [-0.4, -0.2) is 50.7 Å². The fourth-order valence-corrected chi connectivity index (χ4v) is 4.80. The third kappa shape index (κ3) is 5.26. The summed E-state index contributed by atoms with van der Waals surface area (Å²) in [6, 6.07) is 5.40. The van der Waals surface area contributed by atoms with Crippen LogP contribution in [0.2, 0.25) is 0 Å². The standard InChI is InChI=1S/C23H28N2O5S/c1-5-25-12-11-16-19(14-25)31-22(21(16)23(27)30-6-2)24-20(26)10-8-15-7-9-17(28-3)18(13-15)29-4/h7-10,13H,5-6,11-12,14H2,1-4H3,(H,24,26)/b10-8+. The maximum Gasteiger partial charge on any atom is 0.341 e. The van der Waals surface area contributed by atoms with E-state index in [-0.39, 0.29) is 18.5 Å². The molecule has 166 valence electrons. The molecule has 1 N–H and O–H groups in total. The molecule has 1 aliphatic heterocycles. The number of esters is 1. The Labute approximate surface area is 186 Å². The van der Waals surface area contributed by atoms with Gasteiger partial charge in [0.25, 0.3) is 0 Å². The second-order valence-electron chi connectivity index (χ2n) is 6.98. The van der Waals surface area contributed by atoms with Crippen LogP contribution in [-0.2, 0) is 22.5 Å². The number of anilines is 1. The van der Waals surface area contributed by atoms with Gasteiger partial charge in [-0.05, 0) is 49.2 Å². The van der Waals surface area contributed by atoms with Crippen molar-refractivity contribution < 1.29 is 23.8 Å². The molecule has 0 unspecified atom stereocenters. The van der Waals surface area contributed by atoms with Gasteiger partial charge < -0.3 is 19.5 Å². The quantitative estimate of drug-likeness (QED) is 0.490. The Morgan fingerprint density at radius 2 is 1.97 bits per heavy atom. The Hall–Kier alpha value is -2.84. The molecule has 7 nitrogen and oxygen atoms in total. The van der Waals surface area contributed by atoms with Gasteiger partial charge in [-0.3, -0.25) is 9.69 Å². The van der Waals surface area contributed by atoms with E-state index in [1.807, 2.05) is 6.07 Å². The number of ether oxygens (including phenoxy) is 3. The van der Waals surface area contributed by atoms with E-state index in [0.717, 1.165) is 42.1 Å². The molecule has 0 saturated carbocycles. The number of nitrogens with zero attached hydrogens (tertiary/aromatic N) is 1. The molecule has 0 bridgehead atoms. The third-order valence-corrected chi connectivity index (χ3v) is 6.27. The van der Waals surface area contributed by atoms with Gasteiger partial charge in [0, 0.05) is 24.0 Å². The number of methoxy groups -OCH3 is 2. The minimum absolute atomic E-state index is 0.289. The van der Waals surface area contributed by atoms with Gasteiger partial charge in [-0.25, -0.2) is 4.79 Å². The summed E-state index contributed by atoms with van der Waals surface area (Å²) < 4.78 is 15.8. The zero-order valence-electron chi connectivity index (χ0n) is 18.3. The predicted octanol–water partition coefficient (Wildman–Crippen LogP) is 3.97. The molecular formula is C23H28N2O5S. The van der Waals surface area contributed by atoms with E-state index in [1.165, 1.54) is 17.4 Å². The Morgan fingerprint density at radius 3 is 2.65 bits per heavy atom.